The highest BCUT2D eigenvalue weighted by atomic mass is 32.2. The third-order valence-corrected chi connectivity index (χ3v) is 8.31. The molecule has 13 heteroatoms. The van der Waals surface area contributed by atoms with Crippen molar-refractivity contribution in [2.24, 2.45) is 0 Å². The van der Waals surface area contributed by atoms with Crippen LogP contribution in [0.15, 0.2) is 76.0 Å². The Bertz CT molecular complexity index is 1510. The van der Waals surface area contributed by atoms with Crippen LogP contribution in [0, 0.1) is 17.0 Å². The smallest absolute Gasteiger partial charge is 0.336 e. The molecule has 0 bridgehead atoms. The number of hydrogen-bond donors (Lipinski definition) is 1. The average Bonchev–Trinajstić information content (AvgIpc) is 2.98. The molecular formula is C31H38N2O10S. The first-order valence-electron chi connectivity index (χ1n) is 14.2. The van der Waals surface area contributed by atoms with Gasteiger partial charge in [0.2, 0.25) is 0 Å². The molecule has 0 spiro atoms. The average molecular weight is 631 g/mol. The minimum atomic E-state index is -3.83. The predicted octanol–water partition coefficient (Wildman–Crippen LogP) is 4.84. The number of carbonyl (C=O) groups is 2. The zero-order valence-corrected chi connectivity index (χ0v) is 26.1. The summed E-state index contributed by atoms with van der Waals surface area (Å²) in [5.74, 6) is -2.56. The van der Waals surface area contributed by atoms with Gasteiger partial charge in [0.1, 0.15) is 6.61 Å². The molecule has 2 aromatic carbocycles. The van der Waals surface area contributed by atoms with Crippen molar-refractivity contribution in [1.29, 1.82) is 0 Å². The lowest BCUT2D eigenvalue weighted by atomic mass is 9.79. The quantitative estimate of drug-likeness (QED) is 0.0889. The van der Waals surface area contributed by atoms with E-state index in [4.69, 9.17) is 18.4 Å². The van der Waals surface area contributed by atoms with Gasteiger partial charge in [-0.1, -0.05) is 42.3 Å². The van der Waals surface area contributed by atoms with E-state index in [0.717, 1.165) is 5.56 Å². The summed E-state index contributed by atoms with van der Waals surface area (Å²) in [7, 11) is -2.37. The maximum Gasteiger partial charge on any atom is 0.336 e. The zero-order valence-electron chi connectivity index (χ0n) is 25.3. The second-order valence-electron chi connectivity index (χ2n) is 10.2. The Morgan fingerprint density at radius 2 is 1.39 bits per heavy atom. The molecule has 12 nitrogen and oxygen atoms in total. The first kappa shape index (κ1) is 34.4. The highest BCUT2D eigenvalue weighted by Crippen LogP contribution is 2.42. The molecule has 0 fully saturated rings. The molecule has 44 heavy (non-hydrogen) atoms. The first-order valence-corrected chi connectivity index (χ1v) is 15.6. The number of ether oxygens (including phenoxy) is 3. The molecule has 0 aliphatic carbocycles. The van der Waals surface area contributed by atoms with Crippen LogP contribution in [0.2, 0.25) is 0 Å². The third-order valence-electron chi connectivity index (χ3n) is 6.99. The number of nitro groups is 1. The van der Waals surface area contributed by atoms with Gasteiger partial charge >= 0.3 is 11.9 Å². The van der Waals surface area contributed by atoms with E-state index >= 15 is 0 Å². The van der Waals surface area contributed by atoms with Crippen molar-refractivity contribution >= 4 is 27.7 Å². The van der Waals surface area contributed by atoms with Crippen LogP contribution in [-0.2, 0) is 38.1 Å². The van der Waals surface area contributed by atoms with Crippen molar-refractivity contribution in [3.63, 3.8) is 0 Å². The molecule has 0 amide bonds. The second kappa shape index (κ2) is 16.1. The summed E-state index contributed by atoms with van der Waals surface area (Å²) in [5.41, 5.74) is 1.78. The fourth-order valence-electron chi connectivity index (χ4n) is 4.78. The number of dihydropyridines is 1. The van der Waals surface area contributed by atoms with Crippen molar-refractivity contribution in [1.82, 2.24) is 5.32 Å². The van der Waals surface area contributed by atoms with Gasteiger partial charge in [-0.15, -0.1) is 0 Å². The normalized spacial score (nSPS) is 15.1. The van der Waals surface area contributed by atoms with E-state index < -0.39 is 32.9 Å². The van der Waals surface area contributed by atoms with Gasteiger partial charge in [-0.25, -0.2) is 9.59 Å². The number of benzene rings is 2. The lowest BCUT2D eigenvalue weighted by Crippen LogP contribution is -2.33. The molecule has 2 aromatic rings. The molecule has 1 unspecified atom stereocenters. The molecule has 1 N–H and O–H groups in total. The molecule has 0 saturated carbocycles. The van der Waals surface area contributed by atoms with Gasteiger partial charge in [0.15, 0.2) is 0 Å². The fourth-order valence-corrected chi connectivity index (χ4v) is 5.72. The second-order valence-corrected chi connectivity index (χ2v) is 11.8. The van der Waals surface area contributed by atoms with Gasteiger partial charge in [0, 0.05) is 30.1 Å². The third kappa shape index (κ3) is 8.97. The maximum absolute atomic E-state index is 13.4. The van der Waals surface area contributed by atoms with Crippen molar-refractivity contribution < 1.29 is 41.3 Å². The molecule has 1 aliphatic rings. The summed E-state index contributed by atoms with van der Waals surface area (Å²) in [5, 5.41) is 14.9. The van der Waals surface area contributed by atoms with Gasteiger partial charge in [-0.05, 0) is 52.2 Å². The Morgan fingerprint density at radius 1 is 0.818 bits per heavy atom. The number of esters is 2. The monoisotopic (exact) mass is 630 g/mol. The Kier molecular flexibility index (Phi) is 12.6. The lowest BCUT2D eigenvalue weighted by Gasteiger charge is -2.30. The predicted molar refractivity (Wildman–Crippen MR) is 161 cm³/mol. The van der Waals surface area contributed by atoms with E-state index in [-0.39, 0.29) is 53.7 Å². The molecule has 3 rings (SSSR count). The van der Waals surface area contributed by atoms with Gasteiger partial charge in [-0.3, -0.25) is 14.3 Å². The van der Waals surface area contributed by atoms with E-state index in [2.05, 4.69) is 5.32 Å². The fraction of sp³-hybridized carbons (Fsp3) is 0.419. The number of hydrogen-bond acceptors (Lipinski definition) is 11. The number of nitrogens with zero attached hydrogens (tertiary/aromatic N) is 1. The van der Waals surface area contributed by atoms with Crippen molar-refractivity contribution in [3.8, 4) is 0 Å². The number of nitrogens with one attached hydrogen (secondary N) is 1. The number of carbonyl (C=O) groups excluding carboxylic acids is 2. The Morgan fingerprint density at radius 3 is 1.98 bits per heavy atom. The van der Waals surface area contributed by atoms with Gasteiger partial charge < -0.3 is 19.5 Å². The summed E-state index contributed by atoms with van der Waals surface area (Å²) >= 11 is 0. The van der Waals surface area contributed by atoms with Crippen molar-refractivity contribution in [3.05, 3.63) is 92.3 Å². The Labute approximate surface area is 257 Å². The van der Waals surface area contributed by atoms with Crippen molar-refractivity contribution in [2.45, 2.75) is 57.3 Å². The summed E-state index contributed by atoms with van der Waals surface area (Å²) in [6, 6.07) is 12.3. The van der Waals surface area contributed by atoms with Gasteiger partial charge in [0.25, 0.3) is 15.8 Å². The highest BCUT2D eigenvalue weighted by Gasteiger charge is 2.40. The number of unbranched alkanes of at least 4 members (excludes halogenated alkanes) is 3. The van der Waals surface area contributed by atoms with Crippen LogP contribution < -0.4 is 5.32 Å². The van der Waals surface area contributed by atoms with Crippen LogP contribution in [-0.4, -0.2) is 58.8 Å². The summed E-state index contributed by atoms with van der Waals surface area (Å²) in [6.45, 7) is 5.33. The van der Waals surface area contributed by atoms with Gasteiger partial charge in [0.05, 0.1) is 46.7 Å². The number of para-hydroxylation sites is 1. The molecule has 0 radical (unpaired) electrons. The number of methoxy groups -OCH3 is 1. The van der Waals surface area contributed by atoms with E-state index in [1.165, 1.54) is 37.4 Å². The molecule has 1 atom stereocenters. The SMILES string of the molecule is COCCOC(=O)C1=C(C)NC(C)=C(C(=O)OCCCCCCOS(=O)(=O)c2ccc(C)cc2)C1c1ccccc1[N+](=O)[O-]. The van der Waals surface area contributed by atoms with Crippen LogP contribution in [0.25, 0.3) is 0 Å². The maximum atomic E-state index is 13.4. The van der Waals surface area contributed by atoms with Crippen LogP contribution in [0.4, 0.5) is 5.69 Å². The Balaban J connectivity index is 1.64. The van der Waals surface area contributed by atoms with Crippen molar-refractivity contribution in [2.75, 3.05) is 33.5 Å². The number of rotatable bonds is 16. The lowest BCUT2D eigenvalue weighted by molar-refractivity contribution is -0.385. The highest BCUT2D eigenvalue weighted by molar-refractivity contribution is 7.86. The summed E-state index contributed by atoms with van der Waals surface area (Å²) < 4.78 is 45.6. The minimum Gasteiger partial charge on any atom is -0.462 e. The van der Waals surface area contributed by atoms with E-state index in [9.17, 15) is 28.1 Å². The number of aryl methyl sites for hydroxylation is 1. The van der Waals surface area contributed by atoms with Crippen LogP contribution in [0.5, 0.6) is 0 Å². The Hall–Kier alpha value is -4.07. The topological polar surface area (TPSA) is 160 Å². The minimum absolute atomic E-state index is 0.0280. The van der Waals surface area contributed by atoms with E-state index in [0.29, 0.717) is 37.1 Å². The largest absolute Gasteiger partial charge is 0.462 e. The van der Waals surface area contributed by atoms with E-state index in [1.807, 2.05) is 6.92 Å². The van der Waals surface area contributed by atoms with Crippen LogP contribution in [0.1, 0.15) is 56.6 Å². The van der Waals surface area contributed by atoms with Crippen LogP contribution >= 0.6 is 0 Å². The summed E-state index contributed by atoms with van der Waals surface area (Å²) in [6.07, 6.45) is 2.27. The van der Waals surface area contributed by atoms with Crippen LogP contribution in [0.3, 0.4) is 0 Å². The molecular weight excluding hydrogens is 592 g/mol. The zero-order chi connectivity index (χ0) is 32.3. The summed E-state index contributed by atoms with van der Waals surface area (Å²) in [4.78, 5) is 38.1. The molecule has 238 valence electrons. The number of allylic oxidation sites excluding steroid dienone is 2. The van der Waals surface area contributed by atoms with E-state index in [1.54, 1.807) is 32.0 Å². The standard InChI is InChI=1S/C31H38N2O10S/c1-21-13-15-24(16-14-21)44(38,39)43-18-10-6-5-9-17-41-30(34)27-22(2)32-23(3)28(31(35)42-20-19-40-4)29(27)25-11-7-8-12-26(25)33(36)37/h7-8,11-16,29,32H,5-6,9-10,17-20H2,1-4H3. The first-order chi connectivity index (χ1) is 21.0. The number of nitro benzene ring substituents is 1. The molecule has 1 heterocycles. The molecule has 0 saturated heterocycles. The molecule has 0 aromatic heterocycles. The molecule has 1 aliphatic heterocycles. The van der Waals surface area contributed by atoms with Gasteiger partial charge in [-0.2, -0.15) is 8.42 Å².